The highest BCUT2D eigenvalue weighted by molar-refractivity contribution is 5.71. The molecule has 11 aliphatic rings. The lowest BCUT2D eigenvalue weighted by Crippen LogP contribution is -2.40. The summed E-state index contributed by atoms with van der Waals surface area (Å²) in [5.41, 5.74) is 17.3. The normalized spacial score (nSPS) is 35.8. The Morgan fingerprint density at radius 2 is 1.71 bits per heavy atom. The van der Waals surface area contributed by atoms with Crippen LogP contribution in [-0.2, 0) is 0 Å². The number of anilines is 1. The second-order valence-corrected chi connectivity index (χ2v) is 20.0. The van der Waals surface area contributed by atoms with E-state index in [1.807, 2.05) is 0 Å². The van der Waals surface area contributed by atoms with Crippen molar-refractivity contribution in [1.29, 1.82) is 0 Å². The minimum absolute atomic E-state index is 0.170. The van der Waals surface area contributed by atoms with E-state index in [2.05, 4.69) is 157 Å². The molecular weight excluding hydrogens is 715 g/mol. The lowest BCUT2D eigenvalue weighted by molar-refractivity contribution is 0.186. The molecule has 0 amide bonds. The van der Waals surface area contributed by atoms with Crippen LogP contribution in [0, 0.1) is 35.0 Å². The van der Waals surface area contributed by atoms with Gasteiger partial charge in [0.1, 0.15) is 0 Å². The number of dihydropyridines is 1. The van der Waals surface area contributed by atoms with Gasteiger partial charge < -0.3 is 15.1 Å². The maximum atomic E-state index is 3.40. The van der Waals surface area contributed by atoms with Gasteiger partial charge in [-0.2, -0.15) is 0 Å². The van der Waals surface area contributed by atoms with Gasteiger partial charge in [0.2, 0.25) is 0 Å². The van der Waals surface area contributed by atoms with Gasteiger partial charge in [-0.15, -0.1) is 0 Å². The van der Waals surface area contributed by atoms with Crippen molar-refractivity contribution >= 4 is 5.69 Å². The molecule has 1 aromatic carbocycles. The fourth-order valence-corrected chi connectivity index (χ4v) is 14.1. The van der Waals surface area contributed by atoms with Crippen LogP contribution in [-0.4, -0.2) is 29.6 Å². The van der Waals surface area contributed by atoms with Crippen LogP contribution in [0.1, 0.15) is 96.0 Å². The standard InChI is InChI=1S/C56H61N3/c1-56(2)50-17-9-6-14-44(50)47-35-42(22-23-51(47)56)58-52-18-10-7-15-45(52)48-33-38(20-24-54(48)58)39-21-25-55-49(34-39)46-16-8-11-19-53(46)59(55)43-31-40(36-12-4-3-5-13-36)30-41(32-43)37-26-28-57-29-27-37/h3-7,10,12,14-15,18,20-24,26-28,30-31,33,36,41,46-49,53-55,57H,8-9,11,13,16-17,19,25,29,32,34-35H2,1-2H3. The van der Waals surface area contributed by atoms with Crippen molar-refractivity contribution in [3.8, 4) is 0 Å². The Hall–Kier alpha value is -4.76. The first-order valence-corrected chi connectivity index (χ1v) is 23.4. The zero-order chi connectivity index (χ0) is 39.2. The number of hydrogen-bond donors (Lipinski definition) is 1. The molecule has 3 aliphatic heterocycles. The number of hydrogen-bond acceptors (Lipinski definition) is 3. The van der Waals surface area contributed by atoms with E-state index in [-0.39, 0.29) is 5.41 Å². The van der Waals surface area contributed by atoms with E-state index in [0.717, 1.165) is 37.6 Å². The van der Waals surface area contributed by atoms with Crippen LogP contribution in [0.5, 0.6) is 0 Å². The van der Waals surface area contributed by atoms with Crippen LogP contribution in [0.15, 0.2) is 178 Å². The van der Waals surface area contributed by atoms with Crippen LogP contribution >= 0.6 is 0 Å². The van der Waals surface area contributed by atoms with Gasteiger partial charge in [0.15, 0.2) is 0 Å². The summed E-state index contributed by atoms with van der Waals surface area (Å²) in [4.78, 5) is 5.76. The molecule has 3 heterocycles. The maximum Gasteiger partial charge on any atom is 0.0626 e. The molecule has 0 spiro atoms. The largest absolute Gasteiger partial charge is 0.387 e. The maximum absolute atomic E-state index is 3.40. The predicted octanol–water partition coefficient (Wildman–Crippen LogP) is 12.6. The molecule has 8 aliphatic carbocycles. The first kappa shape index (κ1) is 36.1. The summed E-state index contributed by atoms with van der Waals surface area (Å²) in [5.74, 6) is 3.32. The number of likely N-dealkylation sites (tertiary alicyclic amines) is 1. The van der Waals surface area contributed by atoms with Crippen molar-refractivity contribution < 1.29 is 0 Å². The van der Waals surface area contributed by atoms with E-state index in [9.17, 15) is 0 Å². The Bertz CT molecular complexity index is 2370. The van der Waals surface area contributed by atoms with Gasteiger partial charge in [-0.1, -0.05) is 135 Å². The van der Waals surface area contributed by atoms with E-state index >= 15 is 0 Å². The van der Waals surface area contributed by atoms with Crippen LogP contribution in [0.3, 0.4) is 0 Å². The number of rotatable bonds is 5. The van der Waals surface area contributed by atoms with Crippen LogP contribution in [0.4, 0.5) is 5.69 Å². The smallest absolute Gasteiger partial charge is 0.0626 e. The Kier molecular flexibility index (Phi) is 8.68. The van der Waals surface area contributed by atoms with Crippen LogP contribution in [0.25, 0.3) is 0 Å². The number of benzene rings is 1. The highest BCUT2D eigenvalue weighted by Gasteiger charge is 2.52. The summed E-state index contributed by atoms with van der Waals surface area (Å²) in [6.45, 7) is 5.88. The molecule has 0 radical (unpaired) electrons. The first-order chi connectivity index (χ1) is 29.0. The highest BCUT2D eigenvalue weighted by atomic mass is 15.2. The fourth-order valence-electron chi connectivity index (χ4n) is 14.1. The highest BCUT2D eigenvalue weighted by Crippen LogP contribution is 2.59. The molecule has 300 valence electrons. The number of nitrogens with one attached hydrogen (secondary N) is 1. The molecule has 1 saturated carbocycles. The Balaban J connectivity index is 0.840. The molecule has 59 heavy (non-hydrogen) atoms. The van der Waals surface area contributed by atoms with Gasteiger partial charge in [0.05, 0.1) is 6.04 Å². The van der Waals surface area contributed by atoms with E-state index in [0.29, 0.717) is 41.8 Å². The zero-order valence-corrected chi connectivity index (χ0v) is 35.2. The molecule has 0 bridgehead atoms. The lowest BCUT2D eigenvalue weighted by atomic mass is 9.71. The summed E-state index contributed by atoms with van der Waals surface area (Å²) in [6.07, 6.45) is 55.5. The van der Waals surface area contributed by atoms with Crippen molar-refractivity contribution in [2.45, 2.75) is 109 Å². The summed E-state index contributed by atoms with van der Waals surface area (Å²) in [6, 6.07) is 10.9. The quantitative estimate of drug-likeness (QED) is 0.321. The third-order valence-corrected chi connectivity index (χ3v) is 16.8. The molecule has 3 heteroatoms. The summed E-state index contributed by atoms with van der Waals surface area (Å²) >= 11 is 0. The Labute approximate surface area is 353 Å². The topological polar surface area (TPSA) is 18.5 Å². The molecule has 0 aromatic heterocycles. The second kappa shape index (κ2) is 14.2. The van der Waals surface area contributed by atoms with Crippen molar-refractivity contribution in [3.05, 3.63) is 184 Å². The van der Waals surface area contributed by atoms with E-state index in [4.69, 9.17) is 0 Å². The molecule has 1 aromatic rings. The third kappa shape index (κ3) is 5.80. The summed E-state index contributed by atoms with van der Waals surface area (Å²) in [5, 5.41) is 3.40. The van der Waals surface area contributed by atoms with Gasteiger partial charge >= 0.3 is 0 Å². The van der Waals surface area contributed by atoms with E-state index in [1.165, 1.54) is 85.0 Å². The molecule has 3 nitrogen and oxygen atoms in total. The van der Waals surface area contributed by atoms with Gasteiger partial charge in [0, 0.05) is 64.8 Å². The average molecular weight is 776 g/mol. The van der Waals surface area contributed by atoms with E-state index in [1.54, 1.807) is 28.0 Å². The zero-order valence-electron chi connectivity index (χ0n) is 35.2. The Morgan fingerprint density at radius 1 is 0.780 bits per heavy atom. The third-order valence-electron chi connectivity index (χ3n) is 16.8. The number of allylic oxidation sites excluding steroid dienone is 21. The number of para-hydroxylation sites is 1. The fraction of sp³-hybridized carbons (Fsp3) is 0.429. The van der Waals surface area contributed by atoms with Gasteiger partial charge in [0.25, 0.3) is 0 Å². The van der Waals surface area contributed by atoms with E-state index < -0.39 is 0 Å². The first-order valence-electron chi connectivity index (χ1n) is 23.4. The van der Waals surface area contributed by atoms with Crippen molar-refractivity contribution in [1.82, 2.24) is 10.2 Å². The molecule has 2 fully saturated rings. The SMILES string of the molecule is CC1(C)C2=CC=C(N3c4ccccc4C4C=C(C5=CCC6C(C5)C5CCCCC5N6C5=CC(C6C=CC=CC6)=CC(C6=CCNC=C6)C5)C=CC43)CC2C2=C1CCC=C2. The van der Waals surface area contributed by atoms with Gasteiger partial charge in [-0.3, -0.25) is 0 Å². The van der Waals surface area contributed by atoms with Crippen molar-refractivity contribution in [2.24, 2.45) is 35.0 Å². The minimum Gasteiger partial charge on any atom is -0.387 e. The minimum atomic E-state index is 0.170. The second-order valence-electron chi connectivity index (χ2n) is 20.0. The molecule has 1 saturated heterocycles. The lowest BCUT2D eigenvalue weighted by Gasteiger charge is -2.41. The molecule has 9 unspecified atom stereocenters. The van der Waals surface area contributed by atoms with Crippen LogP contribution in [0.2, 0.25) is 0 Å². The molecule has 1 N–H and O–H groups in total. The number of nitrogens with zero attached hydrogens (tertiary/aromatic N) is 2. The summed E-state index contributed by atoms with van der Waals surface area (Å²) in [7, 11) is 0. The van der Waals surface area contributed by atoms with Gasteiger partial charge in [-0.25, -0.2) is 0 Å². The predicted molar refractivity (Wildman–Crippen MR) is 244 cm³/mol. The van der Waals surface area contributed by atoms with Gasteiger partial charge in [-0.05, 0) is 134 Å². The number of fused-ring (bicyclic) bond motifs is 8. The van der Waals surface area contributed by atoms with Crippen molar-refractivity contribution in [2.75, 3.05) is 11.4 Å². The monoisotopic (exact) mass is 775 g/mol. The Morgan fingerprint density at radius 3 is 2.61 bits per heavy atom. The van der Waals surface area contributed by atoms with Crippen LogP contribution < -0.4 is 10.2 Å². The summed E-state index contributed by atoms with van der Waals surface area (Å²) < 4.78 is 0. The molecule has 12 rings (SSSR count). The van der Waals surface area contributed by atoms with Crippen molar-refractivity contribution in [3.63, 3.8) is 0 Å². The molecular formula is C56H61N3. The average Bonchev–Trinajstić information content (AvgIpc) is 3.89. The molecule has 9 atom stereocenters.